The third kappa shape index (κ3) is 10.5. The fourth-order valence-electron chi connectivity index (χ4n) is 10.6. The molecule has 5 aromatic rings. The minimum absolute atomic E-state index is 0.0206. The Kier molecular flexibility index (Phi) is 16.5. The molecule has 0 saturated heterocycles. The molecule has 2 unspecified atom stereocenters. The zero-order valence-corrected chi connectivity index (χ0v) is 46.4. The number of benzene rings is 2. The second-order valence-corrected chi connectivity index (χ2v) is 19.5. The summed E-state index contributed by atoms with van der Waals surface area (Å²) in [5, 5.41) is 0. The lowest BCUT2D eigenvalue weighted by molar-refractivity contribution is 0.0175. The zero-order valence-electron chi connectivity index (χ0n) is 46.4. The van der Waals surface area contributed by atoms with Gasteiger partial charge in [-0.25, -0.2) is 29.0 Å². The predicted molar refractivity (Wildman–Crippen MR) is 297 cm³/mol. The van der Waals surface area contributed by atoms with Crippen LogP contribution >= 0.6 is 0 Å². The number of nitrogens with zero attached hydrogens (tertiary/aromatic N) is 9. The van der Waals surface area contributed by atoms with E-state index in [1.54, 1.807) is 30.4 Å². The smallest absolute Gasteiger partial charge is 0.416 e. The molecule has 0 bridgehead atoms. The topological polar surface area (TPSA) is 256 Å². The molecule has 4 atom stereocenters. The molecular formula is C57H61N9O16. The number of ether oxygens (including phenoxy) is 8. The molecule has 2 aromatic carbocycles. The fraction of sp³-hybridized carbons (Fsp3) is 0.351. The average Bonchev–Trinajstić information content (AvgIpc) is 3.86. The number of carbonyl (C=O) groups is 4. The van der Waals surface area contributed by atoms with Gasteiger partial charge in [0.05, 0.1) is 71.3 Å². The summed E-state index contributed by atoms with van der Waals surface area (Å²) in [5.41, 5.74) is 0.665. The molecule has 25 nitrogen and oxygen atoms in total. The minimum atomic E-state index is -1.17. The first kappa shape index (κ1) is 57.2. The van der Waals surface area contributed by atoms with Crippen LogP contribution in [0.1, 0.15) is 56.1 Å². The lowest BCUT2D eigenvalue weighted by atomic mass is 9.94. The lowest BCUT2D eigenvalue weighted by Gasteiger charge is -2.40. The van der Waals surface area contributed by atoms with Gasteiger partial charge in [0.2, 0.25) is 0 Å². The Hall–Kier alpha value is -9.49. The van der Waals surface area contributed by atoms with Crippen LogP contribution < -0.4 is 51.2 Å². The molecule has 0 radical (unpaired) electrons. The van der Waals surface area contributed by atoms with Crippen molar-refractivity contribution < 1.29 is 57.1 Å². The molecule has 82 heavy (non-hydrogen) atoms. The van der Waals surface area contributed by atoms with Crippen LogP contribution in [-0.4, -0.2) is 136 Å². The van der Waals surface area contributed by atoms with Gasteiger partial charge in [-0.2, -0.15) is 0 Å². The third-order valence-electron chi connectivity index (χ3n) is 14.7. The predicted octanol–water partition coefficient (Wildman–Crippen LogP) is 3.88. The number of carbonyl (C=O) groups excluding carboxylic acids is 4. The van der Waals surface area contributed by atoms with Gasteiger partial charge >= 0.3 is 23.6 Å². The maximum absolute atomic E-state index is 14.7. The highest BCUT2D eigenvalue weighted by atomic mass is 16.6. The second kappa shape index (κ2) is 23.7. The first-order valence-electron chi connectivity index (χ1n) is 25.8. The van der Waals surface area contributed by atoms with E-state index in [2.05, 4.69) is 13.2 Å². The molecule has 0 aliphatic carbocycles. The first-order chi connectivity index (χ1) is 39.4. The molecule has 0 spiro atoms. The zero-order chi connectivity index (χ0) is 58.8. The maximum atomic E-state index is 14.7. The van der Waals surface area contributed by atoms with E-state index in [1.165, 1.54) is 134 Å². The minimum Gasteiger partial charge on any atom is -0.493 e. The van der Waals surface area contributed by atoms with Crippen molar-refractivity contribution in [1.29, 1.82) is 0 Å². The van der Waals surface area contributed by atoms with Gasteiger partial charge < -0.3 is 56.8 Å². The van der Waals surface area contributed by atoms with Crippen molar-refractivity contribution in [2.45, 2.75) is 50.6 Å². The molecule has 4 amide bonds. The summed E-state index contributed by atoms with van der Waals surface area (Å²) in [4.78, 5) is 120. The summed E-state index contributed by atoms with van der Waals surface area (Å²) in [6, 6.07) is 9.33. The third-order valence-corrected chi connectivity index (χ3v) is 14.7. The van der Waals surface area contributed by atoms with Gasteiger partial charge in [-0.3, -0.25) is 33.3 Å². The van der Waals surface area contributed by atoms with Crippen molar-refractivity contribution in [1.82, 2.24) is 33.1 Å². The van der Waals surface area contributed by atoms with Gasteiger partial charge in [-0.1, -0.05) is 43.5 Å². The fourth-order valence-corrected chi connectivity index (χ4v) is 10.6. The van der Waals surface area contributed by atoms with Gasteiger partial charge in [0, 0.05) is 80.0 Å². The molecule has 4 aliphatic rings. The highest BCUT2D eigenvalue weighted by Gasteiger charge is 2.48. The van der Waals surface area contributed by atoms with Gasteiger partial charge in [-0.05, 0) is 48.3 Å². The number of hydrogen-bond acceptors (Lipinski definition) is 17. The summed E-state index contributed by atoms with van der Waals surface area (Å²) in [6.45, 7) is 6.73. The Labute approximate surface area is 469 Å². The van der Waals surface area contributed by atoms with Crippen molar-refractivity contribution in [3.05, 3.63) is 168 Å². The van der Waals surface area contributed by atoms with Gasteiger partial charge in [0.1, 0.15) is 26.4 Å². The molecule has 7 heterocycles. The number of fused-ring (bicyclic) bond motifs is 4. The van der Waals surface area contributed by atoms with E-state index in [-0.39, 0.29) is 109 Å². The van der Waals surface area contributed by atoms with Crippen LogP contribution in [0.3, 0.4) is 0 Å². The Bertz CT molecular complexity index is 3510. The summed E-state index contributed by atoms with van der Waals surface area (Å²) < 4.78 is 52.1. The number of pyridine rings is 1. The molecule has 0 saturated carbocycles. The Morgan fingerprint density at radius 2 is 0.988 bits per heavy atom. The van der Waals surface area contributed by atoms with E-state index in [4.69, 9.17) is 42.9 Å². The Morgan fingerprint density at radius 3 is 1.35 bits per heavy atom. The molecule has 0 fully saturated rings. The van der Waals surface area contributed by atoms with Crippen molar-refractivity contribution in [3.8, 4) is 23.0 Å². The first-order valence-corrected chi connectivity index (χ1v) is 25.8. The largest absolute Gasteiger partial charge is 0.493 e. The molecule has 25 heteroatoms. The molecule has 9 rings (SSSR count). The summed E-state index contributed by atoms with van der Waals surface area (Å²) in [7, 11) is 11.4. The van der Waals surface area contributed by atoms with Crippen LogP contribution in [-0.2, 0) is 60.4 Å². The highest BCUT2D eigenvalue weighted by molar-refractivity contribution is 6.07. The summed E-state index contributed by atoms with van der Waals surface area (Å²) >= 11 is 0. The second-order valence-electron chi connectivity index (χ2n) is 19.5. The van der Waals surface area contributed by atoms with E-state index in [9.17, 15) is 38.4 Å². The summed E-state index contributed by atoms with van der Waals surface area (Å²) in [5.74, 6) is -0.414. The number of aromatic nitrogens is 5. The van der Waals surface area contributed by atoms with Gasteiger partial charge in [0.25, 0.3) is 22.9 Å². The van der Waals surface area contributed by atoms with E-state index in [1.807, 2.05) is 0 Å². The van der Waals surface area contributed by atoms with Crippen LogP contribution in [0.4, 0.5) is 21.0 Å². The number of aryl methyl sites for hydroxylation is 2. The van der Waals surface area contributed by atoms with Crippen LogP contribution in [0, 0.1) is 0 Å². The standard InChI is InChI=1S/C57H61N9O16/c1-11-20-79-56(73)65-40-26-46(44(75-7)24-36(40)50(69)63-18-16-32(22-42(63)52(65)77-9)38-28-59(3)54(71)61(5)48(38)67)81-30-34-14-13-15-35(58-34)31-82-47-27-41-37(25-45(47)76-8)51(70)64-19-17-33(39-29-60(4)55(72)62(6)49(39)68)23-43(64)53(78-10)66(41)57(74)80-21-12-2/h11-17,24-29,42-43,52-53H,1-2,18-23,30-31H2,3-10H3/t42-,43-,52?,53?/m0/s1. The van der Waals surface area contributed by atoms with Crippen molar-refractivity contribution >= 4 is 46.5 Å². The van der Waals surface area contributed by atoms with Crippen LogP contribution in [0.15, 0.2) is 111 Å². The van der Waals surface area contributed by atoms with Crippen molar-refractivity contribution in [2.24, 2.45) is 28.2 Å². The monoisotopic (exact) mass is 1130 g/mol. The number of amides is 4. The number of hydrogen-bond donors (Lipinski definition) is 0. The average molecular weight is 1130 g/mol. The van der Waals surface area contributed by atoms with E-state index < -0.39 is 71.0 Å². The van der Waals surface area contributed by atoms with Crippen molar-refractivity contribution in [3.63, 3.8) is 0 Å². The van der Waals surface area contributed by atoms with Gasteiger partial charge in [-0.15, -0.1) is 0 Å². The van der Waals surface area contributed by atoms with E-state index in [0.717, 1.165) is 9.13 Å². The van der Waals surface area contributed by atoms with E-state index in [0.29, 0.717) is 22.5 Å². The normalized spacial score (nSPS) is 18.3. The molecule has 3 aromatic heterocycles. The Balaban J connectivity index is 0.989. The molecule has 430 valence electrons. The van der Waals surface area contributed by atoms with Crippen LogP contribution in [0.5, 0.6) is 23.0 Å². The number of rotatable bonds is 16. The summed E-state index contributed by atoms with van der Waals surface area (Å²) in [6.07, 6.45) is 5.21. The highest BCUT2D eigenvalue weighted by Crippen LogP contribution is 2.45. The quantitative estimate of drug-likeness (QED) is 0.127. The van der Waals surface area contributed by atoms with E-state index >= 15 is 0 Å². The SMILES string of the molecule is C=CCOC(=O)N1c2cc(OCc3cccc(COc4cc5c(cc4OC)C(=O)N4CC=C(c6cn(C)c(=O)n(C)c6=O)C[C@H]4C(OC)N5C(=O)OCC=C)n3)c(OC)cc2C(=O)N2CC=C(c3cn(C)c(=O)n(C)c3=O)C[C@H]2C1OC. The number of anilines is 2. The van der Waals surface area contributed by atoms with Gasteiger partial charge in [0.15, 0.2) is 35.5 Å². The maximum Gasteiger partial charge on any atom is 0.416 e. The molecule has 4 aliphatic heterocycles. The Morgan fingerprint density at radius 1 is 0.585 bits per heavy atom. The number of methoxy groups -OCH3 is 4. The molecule has 0 N–H and O–H groups in total. The molecular weight excluding hydrogens is 1070 g/mol. The van der Waals surface area contributed by atoms with Crippen molar-refractivity contribution in [2.75, 3.05) is 64.5 Å². The van der Waals surface area contributed by atoms with Crippen LogP contribution in [0.2, 0.25) is 0 Å². The van der Waals surface area contributed by atoms with Crippen LogP contribution in [0.25, 0.3) is 11.1 Å². The lowest BCUT2D eigenvalue weighted by Crippen LogP contribution is -2.55.